The van der Waals surface area contributed by atoms with Crippen LogP contribution in [0.1, 0.15) is 13.8 Å². The number of carbonyl (C=O) groups is 2. The van der Waals surface area contributed by atoms with Crippen molar-refractivity contribution < 1.29 is 14.3 Å². The summed E-state index contributed by atoms with van der Waals surface area (Å²) in [5, 5.41) is 3.02. The molecule has 0 aromatic rings. The van der Waals surface area contributed by atoms with Gasteiger partial charge in [0.25, 0.3) is 0 Å². The van der Waals surface area contributed by atoms with E-state index >= 15 is 0 Å². The average Bonchev–Trinajstić information content (AvgIpc) is 2.31. The number of rotatable bonds is 2. The molecule has 1 amide bonds. The van der Waals surface area contributed by atoms with Gasteiger partial charge in [-0.2, -0.15) is 0 Å². The molecule has 1 atom stereocenters. The van der Waals surface area contributed by atoms with E-state index in [4.69, 9.17) is 4.74 Å². The lowest BCUT2D eigenvalue weighted by Gasteiger charge is -1.97. The van der Waals surface area contributed by atoms with E-state index in [1.54, 1.807) is 13.8 Å². The van der Waals surface area contributed by atoms with Crippen molar-refractivity contribution in [1.29, 1.82) is 0 Å². The van der Waals surface area contributed by atoms with E-state index in [0.717, 1.165) is 0 Å². The van der Waals surface area contributed by atoms with E-state index in [0.29, 0.717) is 11.6 Å². The highest BCUT2D eigenvalue weighted by Crippen LogP contribution is 2.25. The van der Waals surface area contributed by atoms with Gasteiger partial charge in [-0.25, -0.2) is 4.79 Å². The summed E-state index contributed by atoms with van der Waals surface area (Å²) in [5.41, 5.74) is 0. The standard InChI is InChI=1S/C8H11NO3S/c1-3-12-7(10)4-6-9-8(11)5(2)13-6/h4-5H,3H2,1-2H3,(H,9,11)/b6-4-/t5-/m0/s1. The van der Waals surface area contributed by atoms with Gasteiger partial charge in [0.2, 0.25) is 5.91 Å². The van der Waals surface area contributed by atoms with Crippen molar-refractivity contribution in [3.63, 3.8) is 0 Å². The van der Waals surface area contributed by atoms with Crippen molar-refractivity contribution in [3.8, 4) is 0 Å². The summed E-state index contributed by atoms with van der Waals surface area (Å²) < 4.78 is 4.69. The molecule has 0 aromatic carbocycles. The highest BCUT2D eigenvalue weighted by Gasteiger charge is 2.24. The second-order valence-electron chi connectivity index (χ2n) is 2.51. The molecular weight excluding hydrogens is 190 g/mol. The molecule has 0 aromatic heterocycles. The van der Waals surface area contributed by atoms with Crippen LogP contribution < -0.4 is 5.32 Å². The molecule has 0 unspecified atom stereocenters. The molecule has 0 spiro atoms. The van der Waals surface area contributed by atoms with Crippen LogP contribution in [0, 0.1) is 0 Å². The normalized spacial score (nSPS) is 24.6. The van der Waals surface area contributed by atoms with E-state index in [9.17, 15) is 9.59 Å². The minimum Gasteiger partial charge on any atom is -0.463 e. The molecule has 1 heterocycles. The molecule has 1 saturated heterocycles. The van der Waals surface area contributed by atoms with Crippen LogP contribution in [0.25, 0.3) is 0 Å². The Kier molecular flexibility index (Phi) is 3.36. The van der Waals surface area contributed by atoms with Gasteiger partial charge in [-0.05, 0) is 13.8 Å². The lowest BCUT2D eigenvalue weighted by Crippen LogP contribution is -2.19. The maximum atomic E-state index is 11.0. The second-order valence-corrected chi connectivity index (χ2v) is 3.89. The second kappa shape index (κ2) is 4.32. The third-order valence-corrected chi connectivity index (χ3v) is 2.50. The summed E-state index contributed by atoms with van der Waals surface area (Å²) in [6.45, 7) is 3.86. The number of esters is 1. The minimum atomic E-state index is -0.417. The highest BCUT2D eigenvalue weighted by atomic mass is 32.2. The fourth-order valence-corrected chi connectivity index (χ4v) is 1.73. The van der Waals surface area contributed by atoms with Gasteiger partial charge in [0.15, 0.2) is 0 Å². The molecule has 0 bridgehead atoms. The number of ether oxygens (including phenoxy) is 1. The SMILES string of the molecule is CCOC(=O)/C=C1/NC(=O)[C@H](C)S1. The van der Waals surface area contributed by atoms with Gasteiger partial charge in [0, 0.05) is 0 Å². The Labute approximate surface area is 80.7 Å². The highest BCUT2D eigenvalue weighted by molar-refractivity contribution is 8.04. The lowest BCUT2D eigenvalue weighted by atomic mass is 10.4. The van der Waals surface area contributed by atoms with Gasteiger partial charge >= 0.3 is 5.97 Å². The van der Waals surface area contributed by atoms with Crippen molar-refractivity contribution in [1.82, 2.24) is 5.32 Å². The Morgan fingerprint density at radius 1 is 1.77 bits per heavy atom. The number of amides is 1. The third kappa shape index (κ3) is 2.77. The van der Waals surface area contributed by atoms with Crippen molar-refractivity contribution in [3.05, 3.63) is 11.1 Å². The summed E-state index contributed by atoms with van der Waals surface area (Å²) in [6.07, 6.45) is 1.30. The first-order valence-electron chi connectivity index (χ1n) is 3.99. The molecular formula is C8H11NO3S. The summed E-state index contributed by atoms with van der Waals surface area (Å²) in [5.74, 6) is -0.486. The largest absolute Gasteiger partial charge is 0.463 e. The molecule has 72 valence electrons. The summed E-state index contributed by atoms with van der Waals surface area (Å²) in [7, 11) is 0. The lowest BCUT2D eigenvalue weighted by molar-refractivity contribution is -0.137. The zero-order chi connectivity index (χ0) is 9.84. The van der Waals surface area contributed by atoms with E-state index in [-0.39, 0.29) is 11.2 Å². The van der Waals surface area contributed by atoms with Crippen LogP contribution in [0.3, 0.4) is 0 Å². The number of carbonyl (C=O) groups excluding carboxylic acids is 2. The van der Waals surface area contributed by atoms with Crippen molar-refractivity contribution in [2.24, 2.45) is 0 Å². The number of hydrogen-bond acceptors (Lipinski definition) is 4. The topological polar surface area (TPSA) is 55.4 Å². The van der Waals surface area contributed by atoms with Gasteiger partial charge < -0.3 is 10.1 Å². The fraction of sp³-hybridized carbons (Fsp3) is 0.500. The molecule has 1 fully saturated rings. The Bertz CT molecular complexity index is 262. The van der Waals surface area contributed by atoms with Crippen LogP contribution in [0.15, 0.2) is 11.1 Å². The fourth-order valence-electron chi connectivity index (χ4n) is 0.858. The van der Waals surface area contributed by atoms with Crippen molar-refractivity contribution in [2.75, 3.05) is 6.61 Å². The van der Waals surface area contributed by atoms with Crippen LogP contribution in [0.2, 0.25) is 0 Å². The molecule has 1 aliphatic heterocycles. The molecule has 0 aliphatic carbocycles. The van der Waals surface area contributed by atoms with Crippen molar-refractivity contribution in [2.45, 2.75) is 19.1 Å². The van der Waals surface area contributed by atoms with Crippen LogP contribution in [0.5, 0.6) is 0 Å². The van der Waals surface area contributed by atoms with E-state index in [1.165, 1.54) is 17.8 Å². The van der Waals surface area contributed by atoms with Crippen LogP contribution >= 0.6 is 11.8 Å². The smallest absolute Gasteiger partial charge is 0.333 e. The Morgan fingerprint density at radius 3 is 2.92 bits per heavy atom. The molecule has 5 heteroatoms. The van der Waals surface area contributed by atoms with Gasteiger partial charge in [0.1, 0.15) is 0 Å². The zero-order valence-corrected chi connectivity index (χ0v) is 8.31. The number of nitrogens with one attached hydrogen (secondary N) is 1. The first kappa shape index (κ1) is 10.1. The molecule has 0 radical (unpaired) electrons. The summed E-state index contributed by atoms with van der Waals surface area (Å²) in [4.78, 5) is 21.9. The number of hydrogen-bond donors (Lipinski definition) is 1. The molecule has 13 heavy (non-hydrogen) atoms. The maximum absolute atomic E-state index is 11.0. The molecule has 1 aliphatic rings. The third-order valence-electron chi connectivity index (χ3n) is 1.45. The summed E-state index contributed by atoms with van der Waals surface area (Å²) in [6, 6.07) is 0. The van der Waals surface area contributed by atoms with Gasteiger partial charge in [-0.3, -0.25) is 4.79 Å². The average molecular weight is 201 g/mol. The van der Waals surface area contributed by atoms with Gasteiger partial charge in [-0.15, -0.1) is 0 Å². The monoisotopic (exact) mass is 201 g/mol. The van der Waals surface area contributed by atoms with Gasteiger partial charge in [-0.1, -0.05) is 11.8 Å². The Morgan fingerprint density at radius 2 is 2.46 bits per heavy atom. The van der Waals surface area contributed by atoms with Gasteiger partial charge in [0.05, 0.1) is 23.0 Å². The molecule has 0 saturated carbocycles. The summed E-state index contributed by atoms with van der Waals surface area (Å²) >= 11 is 1.33. The maximum Gasteiger partial charge on any atom is 0.333 e. The molecule has 4 nitrogen and oxygen atoms in total. The quantitative estimate of drug-likeness (QED) is 0.526. The Balaban J connectivity index is 2.54. The Hall–Kier alpha value is -0.970. The zero-order valence-electron chi connectivity index (χ0n) is 7.49. The predicted molar refractivity (Wildman–Crippen MR) is 49.9 cm³/mol. The van der Waals surface area contributed by atoms with E-state index in [2.05, 4.69) is 5.32 Å². The first-order valence-corrected chi connectivity index (χ1v) is 4.87. The van der Waals surface area contributed by atoms with Crippen LogP contribution in [-0.2, 0) is 14.3 Å². The molecule has 1 N–H and O–H groups in total. The number of thioether (sulfide) groups is 1. The minimum absolute atomic E-state index is 0.0689. The predicted octanol–water partition coefficient (Wildman–Crippen LogP) is 0.642. The van der Waals surface area contributed by atoms with E-state index < -0.39 is 5.97 Å². The van der Waals surface area contributed by atoms with Crippen molar-refractivity contribution >= 4 is 23.6 Å². The first-order chi connectivity index (χ1) is 6.13. The van der Waals surface area contributed by atoms with Crippen LogP contribution in [0.4, 0.5) is 0 Å². The molecule has 1 rings (SSSR count). The van der Waals surface area contributed by atoms with E-state index in [1.807, 2.05) is 0 Å². The van der Waals surface area contributed by atoms with Crippen LogP contribution in [-0.4, -0.2) is 23.7 Å².